The topological polar surface area (TPSA) is 62.1 Å². The van der Waals surface area contributed by atoms with Gasteiger partial charge in [-0.1, -0.05) is 12.1 Å². The largest absolute Gasteiger partial charge is 0.497 e. The predicted octanol–water partition coefficient (Wildman–Crippen LogP) is 2.01. The van der Waals surface area contributed by atoms with Gasteiger partial charge in [0.1, 0.15) is 11.5 Å². The number of halogens is 3. The quantitative estimate of drug-likeness (QED) is 0.909. The second-order valence-electron chi connectivity index (χ2n) is 4.60. The minimum atomic E-state index is -4.71. The maximum atomic E-state index is 12.8. The molecule has 1 atom stereocenters. The van der Waals surface area contributed by atoms with Crippen LogP contribution in [0.5, 0.6) is 5.75 Å². The molecule has 0 fully saturated rings. The van der Waals surface area contributed by atoms with E-state index in [0.29, 0.717) is 10.8 Å². The molecule has 0 saturated heterocycles. The summed E-state index contributed by atoms with van der Waals surface area (Å²) in [4.78, 5) is 11.5. The van der Waals surface area contributed by atoms with Crippen molar-refractivity contribution >= 4 is 11.6 Å². The Morgan fingerprint density at radius 2 is 2.14 bits per heavy atom. The number of hydrogen-bond acceptors (Lipinski definition) is 4. The molecule has 1 aliphatic heterocycles. The lowest BCUT2D eigenvalue weighted by Crippen LogP contribution is -2.42. The highest BCUT2D eigenvalue weighted by molar-refractivity contribution is 5.94. The third-order valence-electron chi connectivity index (χ3n) is 3.14. The van der Waals surface area contributed by atoms with Gasteiger partial charge in [0.05, 0.1) is 13.5 Å². The fourth-order valence-electron chi connectivity index (χ4n) is 2.13. The second kappa shape index (κ2) is 5.03. The molecule has 21 heavy (non-hydrogen) atoms. The average molecular weight is 302 g/mol. The lowest BCUT2D eigenvalue weighted by Gasteiger charge is -2.30. The maximum absolute atomic E-state index is 12.8. The summed E-state index contributed by atoms with van der Waals surface area (Å²) in [6, 6.07) is 5.86. The first kappa shape index (κ1) is 15.3. The molecule has 0 aromatic heterocycles. The van der Waals surface area contributed by atoms with E-state index in [1.165, 1.54) is 25.3 Å². The van der Waals surface area contributed by atoms with Crippen molar-refractivity contribution in [2.45, 2.75) is 25.2 Å². The van der Waals surface area contributed by atoms with Crippen LogP contribution >= 0.6 is 0 Å². The molecule has 8 heteroatoms. The van der Waals surface area contributed by atoms with Gasteiger partial charge in [0.15, 0.2) is 5.72 Å². The summed E-state index contributed by atoms with van der Waals surface area (Å²) in [7, 11) is 1.39. The van der Waals surface area contributed by atoms with Crippen LogP contribution in [0.15, 0.2) is 29.4 Å². The molecule has 1 amide bonds. The van der Waals surface area contributed by atoms with Crippen LogP contribution in [0.3, 0.4) is 0 Å². The monoisotopic (exact) mass is 302 g/mol. The number of amides is 1. The van der Waals surface area contributed by atoms with Crippen LogP contribution in [0.1, 0.15) is 18.9 Å². The summed E-state index contributed by atoms with van der Waals surface area (Å²) < 4.78 is 43.4. The van der Waals surface area contributed by atoms with Crippen molar-refractivity contribution in [2.24, 2.45) is 5.10 Å². The first-order chi connectivity index (χ1) is 9.68. The third-order valence-corrected chi connectivity index (χ3v) is 3.14. The Labute approximate surface area is 118 Å². The SMILES string of the molecule is COc1cccc([C@]2(O)CC(C(F)(F)F)=NN2C(C)=O)c1. The van der Waals surface area contributed by atoms with Crippen molar-refractivity contribution in [3.05, 3.63) is 29.8 Å². The number of methoxy groups -OCH3 is 1. The smallest absolute Gasteiger partial charge is 0.431 e. The van der Waals surface area contributed by atoms with Gasteiger partial charge < -0.3 is 9.84 Å². The van der Waals surface area contributed by atoms with Crippen LogP contribution in [-0.4, -0.2) is 35.0 Å². The van der Waals surface area contributed by atoms with Crippen molar-refractivity contribution in [3.8, 4) is 5.75 Å². The number of nitrogens with zero attached hydrogens (tertiary/aromatic N) is 2. The number of hydrazone groups is 1. The van der Waals surface area contributed by atoms with Gasteiger partial charge in [-0.05, 0) is 12.1 Å². The van der Waals surface area contributed by atoms with Gasteiger partial charge >= 0.3 is 6.18 Å². The van der Waals surface area contributed by atoms with Gasteiger partial charge in [0, 0.05) is 12.5 Å². The van der Waals surface area contributed by atoms with E-state index in [-0.39, 0.29) is 5.56 Å². The Hall–Kier alpha value is -2.09. The van der Waals surface area contributed by atoms with E-state index in [2.05, 4.69) is 5.10 Å². The second-order valence-corrected chi connectivity index (χ2v) is 4.60. The molecule has 2 rings (SSSR count). The molecule has 5 nitrogen and oxygen atoms in total. The lowest BCUT2D eigenvalue weighted by molar-refractivity contribution is -0.155. The van der Waals surface area contributed by atoms with Crippen molar-refractivity contribution in [3.63, 3.8) is 0 Å². The first-order valence-electron chi connectivity index (χ1n) is 6.01. The zero-order valence-electron chi connectivity index (χ0n) is 11.3. The Balaban J connectivity index is 2.47. The van der Waals surface area contributed by atoms with Crippen LogP contribution in [0.4, 0.5) is 13.2 Å². The minimum absolute atomic E-state index is 0.0973. The zero-order chi connectivity index (χ0) is 15.8. The molecule has 114 valence electrons. The standard InChI is InChI=1S/C13H13F3N2O3/c1-8(19)18-12(20,7-11(17-18)13(14,15)16)9-4-3-5-10(6-9)21-2/h3-6,20H,7H2,1-2H3/t12-/m1/s1. The summed E-state index contributed by atoms with van der Waals surface area (Å²) in [5.74, 6) is -0.440. The first-order valence-corrected chi connectivity index (χ1v) is 6.01. The number of benzene rings is 1. The fraction of sp³-hybridized carbons (Fsp3) is 0.385. The summed E-state index contributed by atoms with van der Waals surface area (Å²) in [6.07, 6.45) is -5.54. The van der Waals surface area contributed by atoms with Crippen LogP contribution < -0.4 is 4.74 Å². The van der Waals surface area contributed by atoms with Gasteiger partial charge in [-0.25, -0.2) is 0 Å². The number of alkyl halides is 3. The Kier molecular flexibility index (Phi) is 3.66. The van der Waals surface area contributed by atoms with Crippen molar-refractivity contribution in [1.29, 1.82) is 0 Å². The molecule has 0 spiro atoms. The number of aliphatic hydroxyl groups is 1. The van der Waals surface area contributed by atoms with E-state index in [1.807, 2.05) is 0 Å². The summed E-state index contributed by atoms with van der Waals surface area (Å²) >= 11 is 0. The van der Waals surface area contributed by atoms with Crippen molar-refractivity contribution in [2.75, 3.05) is 7.11 Å². The van der Waals surface area contributed by atoms with Crippen LogP contribution in [0.25, 0.3) is 0 Å². The molecule has 0 aliphatic carbocycles. The van der Waals surface area contributed by atoms with E-state index in [0.717, 1.165) is 6.92 Å². The van der Waals surface area contributed by atoms with Crippen LogP contribution in [0.2, 0.25) is 0 Å². The molecule has 1 N–H and O–H groups in total. The van der Waals surface area contributed by atoms with E-state index < -0.39 is 29.9 Å². The number of rotatable bonds is 2. The van der Waals surface area contributed by atoms with Gasteiger partial charge in [-0.2, -0.15) is 23.3 Å². The molecule has 1 heterocycles. The van der Waals surface area contributed by atoms with E-state index in [4.69, 9.17) is 4.74 Å². The summed E-state index contributed by atoms with van der Waals surface area (Å²) in [5, 5.41) is 14.3. The van der Waals surface area contributed by atoms with E-state index >= 15 is 0 Å². The van der Waals surface area contributed by atoms with Crippen LogP contribution in [0, 0.1) is 0 Å². The van der Waals surface area contributed by atoms with Gasteiger partial charge in [-0.3, -0.25) is 4.79 Å². The van der Waals surface area contributed by atoms with Crippen LogP contribution in [-0.2, 0) is 10.5 Å². The predicted molar refractivity (Wildman–Crippen MR) is 67.5 cm³/mol. The van der Waals surface area contributed by atoms with Crippen molar-refractivity contribution < 1.29 is 27.8 Å². The maximum Gasteiger partial charge on any atom is 0.431 e. The van der Waals surface area contributed by atoms with Gasteiger partial charge in [-0.15, -0.1) is 0 Å². The molecular formula is C13H13F3N2O3. The fourth-order valence-corrected chi connectivity index (χ4v) is 2.13. The number of hydrogen-bond donors (Lipinski definition) is 1. The highest BCUT2D eigenvalue weighted by atomic mass is 19.4. The number of carbonyl (C=O) groups excluding carboxylic acids is 1. The average Bonchev–Trinajstić information content (AvgIpc) is 2.78. The molecule has 1 aliphatic rings. The molecule has 0 radical (unpaired) electrons. The van der Waals surface area contributed by atoms with Crippen molar-refractivity contribution in [1.82, 2.24) is 5.01 Å². The Bertz CT molecular complexity index is 601. The third kappa shape index (κ3) is 2.71. The zero-order valence-corrected chi connectivity index (χ0v) is 11.3. The molecular weight excluding hydrogens is 289 g/mol. The van der Waals surface area contributed by atoms with E-state index in [1.54, 1.807) is 6.07 Å². The molecule has 0 bridgehead atoms. The Morgan fingerprint density at radius 1 is 1.48 bits per heavy atom. The van der Waals surface area contributed by atoms with Gasteiger partial charge in [0.2, 0.25) is 5.91 Å². The molecule has 1 aromatic carbocycles. The molecule has 0 saturated carbocycles. The summed E-state index contributed by atoms with van der Waals surface area (Å²) in [5.41, 5.74) is -3.28. The van der Waals surface area contributed by atoms with Gasteiger partial charge in [0.25, 0.3) is 0 Å². The molecule has 1 aromatic rings. The highest BCUT2D eigenvalue weighted by Crippen LogP contribution is 2.40. The molecule has 0 unspecified atom stereocenters. The van der Waals surface area contributed by atoms with E-state index in [9.17, 15) is 23.1 Å². The summed E-state index contributed by atoms with van der Waals surface area (Å²) in [6.45, 7) is 1.04. The normalized spacial score (nSPS) is 22.2. The Morgan fingerprint density at radius 3 is 2.67 bits per heavy atom. The number of ether oxygens (including phenoxy) is 1. The minimum Gasteiger partial charge on any atom is -0.497 e. The highest BCUT2D eigenvalue weighted by Gasteiger charge is 2.52. The number of carbonyl (C=O) groups is 1. The lowest BCUT2D eigenvalue weighted by atomic mass is 9.97.